The van der Waals surface area contributed by atoms with Crippen molar-refractivity contribution in [2.45, 2.75) is 46.1 Å². The molecule has 1 fully saturated rings. The topological polar surface area (TPSA) is 15.3 Å². The van der Waals surface area contributed by atoms with Crippen molar-refractivity contribution in [1.82, 2.24) is 4.90 Å². The van der Waals surface area contributed by atoms with E-state index in [2.05, 4.69) is 65.1 Å². The monoisotopic (exact) mass is 338 g/mol. The van der Waals surface area contributed by atoms with E-state index in [9.17, 15) is 0 Å². The zero-order valence-electron chi connectivity index (χ0n) is 13.0. The molecule has 1 N–H and O–H groups in total. The number of hydrogen-bond donors (Lipinski definition) is 1. The summed E-state index contributed by atoms with van der Waals surface area (Å²) in [5.74, 6) is 0.797. The van der Waals surface area contributed by atoms with Crippen molar-refractivity contribution in [2.75, 3.05) is 25.0 Å². The van der Waals surface area contributed by atoms with Crippen LogP contribution in [0.2, 0.25) is 0 Å². The molecular weight excluding hydrogens is 312 g/mol. The Morgan fingerprint density at radius 2 is 2.00 bits per heavy atom. The van der Waals surface area contributed by atoms with Gasteiger partial charge < -0.3 is 10.2 Å². The zero-order valence-corrected chi connectivity index (χ0v) is 14.5. The molecule has 2 rings (SSSR count). The summed E-state index contributed by atoms with van der Waals surface area (Å²) in [6, 6.07) is 7.13. The maximum absolute atomic E-state index is 3.75. The molecule has 2 nitrogen and oxygen atoms in total. The third kappa shape index (κ3) is 3.98. The van der Waals surface area contributed by atoms with Gasteiger partial charge in [-0.15, -0.1) is 0 Å². The number of likely N-dealkylation sites (tertiary alicyclic amines) is 1. The van der Waals surface area contributed by atoms with Gasteiger partial charge in [-0.1, -0.05) is 29.8 Å². The molecule has 1 atom stereocenters. The summed E-state index contributed by atoms with van der Waals surface area (Å²) < 4.78 is 1.17. The van der Waals surface area contributed by atoms with Crippen LogP contribution >= 0.6 is 15.9 Å². The summed E-state index contributed by atoms with van der Waals surface area (Å²) in [5.41, 5.74) is 2.71. The Balaban J connectivity index is 1.96. The van der Waals surface area contributed by atoms with Gasteiger partial charge in [0.25, 0.3) is 0 Å². The van der Waals surface area contributed by atoms with E-state index in [1.165, 1.54) is 48.2 Å². The summed E-state index contributed by atoms with van der Waals surface area (Å²) in [6.45, 7) is 10.5. The maximum atomic E-state index is 3.75. The molecule has 3 heteroatoms. The van der Waals surface area contributed by atoms with Gasteiger partial charge in [0.2, 0.25) is 0 Å². The van der Waals surface area contributed by atoms with Gasteiger partial charge in [-0.2, -0.15) is 0 Å². The normalized spacial score (nSPS) is 19.0. The van der Waals surface area contributed by atoms with Crippen LogP contribution in [0.3, 0.4) is 0 Å². The molecule has 1 aromatic rings. The van der Waals surface area contributed by atoms with Gasteiger partial charge in [0.15, 0.2) is 0 Å². The smallest absolute Gasteiger partial charge is 0.0375 e. The Kier molecular flexibility index (Phi) is 5.91. The lowest BCUT2D eigenvalue weighted by molar-refractivity contribution is 0.183. The van der Waals surface area contributed by atoms with Gasteiger partial charge in [-0.05, 0) is 75.5 Å². The molecule has 112 valence electrons. The minimum Gasteiger partial charge on any atom is -0.382 e. The minimum absolute atomic E-state index is 0.556. The maximum Gasteiger partial charge on any atom is 0.0375 e. The lowest BCUT2D eigenvalue weighted by atomic mass is 9.90. The average Bonchev–Trinajstić information content (AvgIpc) is 2.49. The number of rotatable bonds is 5. The predicted octanol–water partition coefficient (Wildman–Crippen LogP) is 4.54. The molecule has 0 bridgehead atoms. The summed E-state index contributed by atoms with van der Waals surface area (Å²) in [7, 11) is 0. The Hall–Kier alpha value is -0.540. The summed E-state index contributed by atoms with van der Waals surface area (Å²) >= 11 is 3.56. The Morgan fingerprint density at radius 1 is 1.30 bits per heavy atom. The lowest BCUT2D eigenvalue weighted by Gasteiger charge is -2.35. The number of hydrogen-bond acceptors (Lipinski definition) is 2. The number of nitrogens with zero attached hydrogens (tertiary/aromatic N) is 1. The van der Waals surface area contributed by atoms with E-state index in [1.54, 1.807) is 0 Å². The van der Waals surface area contributed by atoms with Crippen LogP contribution in [0.1, 0.15) is 39.2 Å². The number of nitrogens with one attached hydrogen (secondary N) is 1. The second kappa shape index (κ2) is 7.46. The number of anilines is 1. The molecule has 0 radical (unpaired) electrons. The first-order valence-electron chi connectivity index (χ1n) is 7.91. The van der Waals surface area contributed by atoms with Crippen molar-refractivity contribution in [2.24, 2.45) is 5.92 Å². The van der Waals surface area contributed by atoms with Gasteiger partial charge in [0, 0.05) is 16.2 Å². The molecule has 0 saturated carbocycles. The average molecular weight is 339 g/mol. The molecule has 0 spiro atoms. The molecule has 0 aromatic heterocycles. The molecule has 1 heterocycles. The fraction of sp³-hybridized carbons (Fsp3) is 0.647. The fourth-order valence-corrected chi connectivity index (χ4v) is 3.54. The number of piperidine rings is 1. The van der Waals surface area contributed by atoms with E-state index in [1.807, 2.05) is 0 Å². The highest BCUT2D eigenvalue weighted by Gasteiger charge is 2.23. The van der Waals surface area contributed by atoms with Crippen molar-refractivity contribution in [3.63, 3.8) is 0 Å². The van der Waals surface area contributed by atoms with Crippen LogP contribution in [-0.4, -0.2) is 30.6 Å². The molecule has 1 aliphatic rings. The highest BCUT2D eigenvalue weighted by atomic mass is 79.9. The number of halogens is 1. The van der Waals surface area contributed by atoms with E-state index in [4.69, 9.17) is 0 Å². The van der Waals surface area contributed by atoms with Crippen LogP contribution < -0.4 is 5.32 Å². The lowest BCUT2D eigenvalue weighted by Crippen LogP contribution is -2.39. The number of benzene rings is 1. The van der Waals surface area contributed by atoms with E-state index in [0.717, 1.165) is 12.3 Å². The van der Waals surface area contributed by atoms with E-state index in [-0.39, 0.29) is 0 Å². The zero-order chi connectivity index (χ0) is 14.5. The first-order chi connectivity index (χ1) is 9.63. The first kappa shape index (κ1) is 15.8. The fourth-order valence-electron chi connectivity index (χ4n) is 3.13. The second-order valence-corrected chi connectivity index (χ2v) is 6.78. The van der Waals surface area contributed by atoms with Gasteiger partial charge in [0.05, 0.1) is 0 Å². The van der Waals surface area contributed by atoms with Gasteiger partial charge in [-0.25, -0.2) is 0 Å². The third-order valence-electron chi connectivity index (χ3n) is 4.62. The summed E-state index contributed by atoms with van der Waals surface area (Å²) in [4.78, 5) is 2.56. The van der Waals surface area contributed by atoms with Crippen molar-refractivity contribution in [1.29, 1.82) is 0 Å². The minimum atomic E-state index is 0.556. The van der Waals surface area contributed by atoms with E-state index >= 15 is 0 Å². The Bertz CT molecular complexity index is 425. The first-order valence-corrected chi connectivity index (χ1v) is 8.70. The van der Waals surface area contributed by atoms with Crippen LogP contribution in [-0.2, 0) is 6.42 Å². The van der Waals surface area contributed by atoms with E-state index in [0.29, 0.717) is 6.04 Å². The Labute approximate surface area is 132 Å². The molecule has 1 aliphatic heterocycles. The number of aryl methyl sites for hydroxylation is 1. The summed E-state index contributed by atoms with van der Waals surface area (Å²) in [6.07, 6.45) is 3.71. The van der Waals surface area contributed by atoms with Crippen LogP contribution in [0.4, 0.5) is 5.69 Å². The SMILES string of the molecule is CCc1cc(Br)ccc1NC(C)C1CCN(CC)CC1. The van der Waals surface area contributed by atoms with Gasteiger partial charge in [-0.3, -0.25) is 0 Å². The molecular formula is C17H27BrN2. The van der Waals surface area contributed by atoms with E-state index < -0.39 is 0 Å². The molecule has 1 unspecified atom stereocenters. The molecule has 0 aliphatic carbocycles. The van der Waals surface area contributed by atoms with Crippen LogP contribution in [0.25, 0.3) is 0 Å². The van der Waals surface area contributed by atoms with Gasteiger partial charge >= 0.3 is 0 Å². The standard InChI is InChI=1S/C17H27BrN2/c1-4-14-12-16(18)6-7-17(14)19-13(3)15-8-10-20(5-2)11-9-15/h6-7,12-13,15,19H,4-5,8-11H2,1-3H3. The Morgan fingerprint density at radius 3 is 2.60 bits per heavy atom. The largest absolute Gasteiger partial charge is 0.382 e. The van der Waals surface area contributed by atoms with Crippen LogP contribution in [0, 0.1) is 5.92 Å². The highest BCUT2D eigenvalue weighted by Crippen LogP contribution is 2.26. The van der Waals surface area contributed by atoms with Crippen molar-refractivity contribution < 1.29 is 0 Å². The van der Waals surface area contributed by atoms with Crippen molar-refractivity contribution in [3.8, 4) is 0 Å². The predicted molar refractivity (Wildman–Crippen MR) is 91.4 cm³/mol. The molecule has 1 aromatic carbocycles. The van der Waals surface area contributed by atoms with Crippen LogP contribution in [0.15, 0.2) is 22.7 Å². The van der Waals surface area contributed by atoms with Crippen LogP contribution in [0.5, 0.6) is 0 Å². The van der Waals surface area contributed by atoms with Gasteiger partial charge in [0.1, 0.15) is 0 Å². The molecule has 0 amide bonds. The second-order valence-electron chi connectivity index (χ2n) is 5.86. The van der Waals surface area contributed by atoms with Crippen molar-refractivity contribution in [3.05, 3.63) is 28.2 Å². The third-order valence-corrected chi connectivity index (χ3v) is 5.11. The molecule has 20 heavy (non-hydrogen) atoms. The van der Waals surface area contributed by atoms with Crippen molar-refractivity contribution >= 4 is 21.6 Å². The highest BCUT2D eigenvalue weighted by molar-refractivity contribution is 9.10. The molecule has 1 saturated heterocycles. The summed E-state index contributed by atoms with van der Waals surface area (Å²) in [5, 5.41) is 3.75. The quantitative estimate of drug-likeness (QED) is 0.847.